The maximum absolute atomic E-state index is 13.1. The summed E-state index contributed by atoms with van der Waals surface area (Å²) in [6.07, 6.45) is 0. The van der Waals surface area contributed by atoms with E-state index in [9.17, 15) is 9.59 Å². The lowest BCUT2D eigenvalue weighted by Gasteiger charge is -2.15. The van der Waals surface area contributed by atoms with Gasteiger partial charge >= 0.3 is 0 Å². The van der Waals surface area contributed by atoms with Crippen LogP contribution in [0.5, 0.6) is 5.75 Å². The molecule has 1 heterocycles. The number of hydrogen-bond donors (Lipinski definition) is 0. The Kier molecular flexibility index (Phi) is 5.11. The van der Waals surface area contributed by atoms with Gasteiger partial charge in [0.2, 0.25) is 0 Å². The van der Waals surface area contributed by atoms with E-state index in [1.54, 1.807) is 37.4 Å². The maximum atomic E-state index is 13.1. The summed E-state index contributed by atoms with van der Waals surface area (Å²) < 4.78 is 6.86. The number of nitrogens with zero attached hydrogens (tertiary/aromatic N) is 2. The van der Waals surface area contributed by atoms with Gasteiger partial charge in [-0.2, -0.15) is 0 Å². The van der Waals surface area contributed by atoms with Crippen LogP contribution in [0.1, 0.15) is 6.92 Å². The molecule has 0 saturated heterocycles. The second kappa shape index (κ2) is 7.29. The Balaban J connectivity index is 2.32. The Bertz CT molecular complexity index is 1020. The molecule has 3 rings (SSSR count). The molecule has 0 unspecified atom stereocenters. The number of carbonyl (C=O) groups is 1. The molecule has 0 aliphatic rings. The van der Waals surface area contributed by atoms with E-state index in [4.69, 9.17) is 16.3 Å². The topological polar surface area (TPSA) is 61.2 Å². The van der Waals surface area contributed by atoms with Crippen molar-refractivity contribution in [3.8, 4) is 11.4 Å². The average Bonchev–Trinajstić information content (AvgIpc) is 2.59. The molecule has 25 heavy (non-hydrogen) atoms. The number of thioether (sulfide) groups is 1. The maximum Gasteiger partial charge on any atom is 0.266 e. The molecule has 0 radical (unpaired) electrons. The molecule has 0 fully saturated rings. The molecule has 0 spiro atoms. The number of Topliss-reactive ketones (excluding diaryl/α,β-unsaturated/α-hetero) is 1. The van der Waals surface area contributed by atoms with Crippen molar-refractivity contribution in [3.05, 3.63) is 57.8 Å². The number of fused-ring (bicyclic) bond motifs is 1. The largest absolute Gasteiger partial charge is 0.495 e. The lowest BCUT2D eigenvalue weighted by molar-refractivity contribution is -0.114. The fraction of sp³-hybridized carbons (Fsp3) is 0.167. The van der Waals surface area contributed by atoms with Crippen molar-refractivity contribution in [3.63, 3.8) is 0 Å². The third-order valence-electron chi connectivity index (χ3n) is 3.53. The Hall–Kier alpha value is -2.31. The quantitative estimate of drug-likeness (QED) is 0.503. The van der Waals surface area contributed by atoms with Crippen LogP contribution in [-0.2, 0) is 4.79 Å². The van der Waals surface area contributed by atoms with Crippen LogP contribution in [0.3, 0.4) is 0 Å². The van der Waals surface area contributed by atoms with E-state index in [0.717, 1.165) is 0 Å². The number of aromatic nitrogens is 2. The van der Waals surface area contributed by atoms with Gasteiger partial charge in [-0.1, -0.05) is 35.5 Å². The molecule has 0 N–H and O–H groups in total. The molecule has 0 amide bonds. The number of ketones is 1. The van der Waals surface area contributed by atoms with Gasteiger partial charge in [0.15, 0.2) is 5.16 Å². The van der Waals surface area contributed by atoms with Gasteiger partial charge in [-0.3, -0.25) is 14.2 Å². The first-order valence-corrected chi connectivity index (χ1v) is 8.85. The molecule has 1 aromatic heterocycles. The zero-order chi connectivity index (χ0) is 18.0. The molecule has 5 nitrogen and oxygen atoms in total. The van der Waals surface area contributed by atoms with E-state index < -0.39 is 0 Å². The Morgan fingerprint density at radius 1 is 1.28 bits per heavy atom. The van der Waals surface area contributed by atoms with Gasteiger partial charge in [-0.05, 0) is 37.3 Å². The van der Waals surface area contributed by atoms with Crippen LogP contribution in [-0.4, -0.2) is 28.2 Å². The summed E-state index contributed by atoms with van der Waals surface area (Å²) in [6.45, 7) is 1.50. The van der Waals surface area contributed by atoms with Gasteiger partial charge < -0.3 is 4.74 Å². The molecule has 128 valence electrons. The van der Waals surface area contributed by atoms with E-state index in [2.05, 4.69) is 4.98 Å². The summed E-state index contributed by atoms with van der Waals surface area (Å²) in [5, 5.41) is 1.36. The van der Waals surface area contributed by atoms with Crippen LogP contribution in [0.2, 0.25) is 5.02 Å². The standard InChI is InChI=1S/C18H15ClN2O3S/c1-11(22)10-25-18-20-14-9-12(19)7-8-13(14)17(23)21(18)15-5-3-4-6-16(15)24-2/h3-9H,10H2,1-2H3. The first-order chi connectivity index (χ1) is 12.0. The predicted molar refractivity (Wildman–Crippen MR) is 100 cm³/mol. The van der Waals surface area contributed by atoms with Gasteiger partial charge in [-0.15, -0.1) is 0 Å². The molecule has 0 atom stereocenters. The fourth-order valence-electron chi connectivity index (χ4n) is 2.43. The summed E-state index contributed by atoms with van der Waals surface area (Å²) in [7, 11) is 1.54. The fourth-order valence-corrected chi connectivity index (χ4v) is 3.40. The van der Waals surface area contributed by atoms with Crippen molar-refractivity contribution in [2.24, 2.45) is 0 Å². The minimum Gasteiger partial charge on any atom is -0.495 e. The lowest BCUT2D eigenvalue weighted by Crippen LogP contribution is -2.22. The minimum absolute atomic E-state index is 0.00276. The zero-order valence-electron chi connectivity index (χ0n) is 13.7. The number of methoxy groups -OCH3 is 1. The van der Waals surface area contributed by atoms with Crippen molar-refractivity contribution in [1.29, 1.82) is 0 Å². The monoisotopic (exact) mass is 374 g/mol. The van der Waals surface area contributed by atoms with Crippen LogP contribution in [0.4, 0.5) is 0 Å². The number of rotatable bonds is 5. The average molecular weight is 375 g/mol. The number of para-hydroxylation sites is 2. The van der Waals surface area contributed by atoms with Crippen LogP contribution in [0.15, 0.2) is 52.4 Å². The van der Waals surface area contributed by atoms with Crippen molar-refractivity contribution >= 4 is 40.0 Å². The van der Waals surface area contributed by atoms with Crippen molar-refractivity contribution in [2.45, 2.75) is 12.1 Å². The van der Waals surface area contributed by atoms with Gasteiger partial charge in [0.05, 0.1) is 29.5 Å². The highest BCUT2D eigenvalue weighted by atomic mass is 35.5. The highest BCUT2D eigenvalue weighted by molar-refractivity contribution is 7.99. The van der Waals surface area contributed by atoms with Gasteiger partial charge in [0.1, 0.15) is 11.5 Å². The van der Waals surface area contributed by atoms with E-state index >= 15 is 0 Å². The van der Waals surface area contributed by atoms with Crippen molar-refractivity contribution in [1.82, 2.24) is 9.55 Å². The third kappa shape index (κ3) is 3.55. The van der Waals surface area contributed by atoms with Gasteiger partial charge in [0, 0.05) is 5.02 Å². The third-order valence-corrected chi connectivity index (χ3v) is 4.85. The second-order valence-corrected chi connectivity index (χ2v) is 6.74. The summed E-state index contributed by atoms with van der Waals surface area (Å²) in [6, 6.07) is 12.1. The molecule has 0 bridgehead atoms. The minimum atomic E-state index is -0.239. The number of benzene rings is 2. The molecule has 7 heteroatoms. The van der Waals surface area contributed by atoms with Crippen LogP contribution >= 0.6 is 23.4 Å². The molecule has 0 saturated carbocycles. The second-order valence-electron chi connectivity index (χ2n) is 5.36. The van der Waals surface area contributed by atoms with Crippen LogP contribution < -0.4 is 10.3 Å². The normalized spacial score (nSPS) is 10.8. The highest BCUT2D eigenvalue weighted by Crippen LogP contribution is 2.27. The Morgan fingerprint density at radius 2 is 2.04 bits per heavy atom. The van der Waals surface area contributed by atoms with Gasteiger partial charge in [0.25, 0.3) is 5.56 Å². The van der Waals surface area contributed by atoms with Crippen molar-refractivity contribution < 1.29 is 9.53 Å². The van der Waals surface area contributed by atoms with Crippen LogP contribution in [0.25, 0.3) is 16.6 Å². The Morgan fingerprint density at radius 3 is 2.76 bits per heavy atom. The number of carbonyl (C=O) groups excluding carboxylic acids is 1. The number of hydrogen-bond acceptors (Lipinski definition) is 5. The van der Waals surface area contributed by atoms with Crippen LogP contribution in [0, 0.1) is 0 Å². The number of halogens is 1. The Labute approximate surface area is 153 Å². The summed E-state index contributed by atoms with van der Waals surface area (Å²) in [4.78, 5) is 29.1. The SMILES string of the molecule is COc1ccccc1-n1c(SCC(C)=O)nc2cc(Cl)ccc2c1=O. The zero-order valence-corrected chi connectivity index (χ0v) is 15.2. The van der Waals surface area contributed by atoms with E-state index in [0.29, 0.717) is 32.5 Å². The molecule has 0 aliphatic carbocycles. The van der Waals surface area contributed by atoms with E-state index in [1.165, 1.54) is 23.3 Å². The van der Waals surface area contributed by atoms with E-state index in [-0.39, 0.29) is 17.1 Å². The number of ether oxygens (including phenoxy) is 1. The lowest BCUT2D eigenvalue weighted by atomic mass is 10.2. The van der Waals surface area contributed by atoms with Crippen molar-refractivity contribution in [2.75, 3.05) is 12.9 Å². The summed E-state index contributed by atoms with van der Waals surface area (Å²) >= 11 is 7.23. The first-order valence-electron chi connectivity index (χ1n) is 7.49. The predicted octanol–water partition coefficient (Wildman–Crippen LogP) is 3.73. The first kappa shape index (κ1) is 17.5. The molecule has 3 aromatic rings. The van der Waals surface area contributed by atoms with E-state index in [1.807, 2.05) is 12.1 Å². The molecule has 0 aliphatic heterocycles. The summed E-state index contributed by atoms with van der Waals surface area (Å²) in [5.74, 6) is 0.759. The molecule has 2 aromatic carbocycles. The van der Waals surface area contributed by atoms with Gasteiger partial charge in [-0.25, -0.2) is 4.98 Å². The smallest absolute Gasteiger partial charge is 0.266 e. The molecular formula is C18H15ClN2O3S. The summed E-state index contributed by atoms with van der Waals surface area (Å²) in [5.41, 5.74) is 0.831. The molecular weight excluding hydrogens is 360 g/mol. The highest BCUT2D eigenvalue weighted by Gasteiger charge is 2.17.